The van der Waals surface area contributed by atoms with Crippen LogP contribution in [0.3, 0.4) is 0 Å². The minimum absolute atomic E-state index is 0.168. The molecule has 0 aromatic heterocycles. The summed E-state index contributed by atoms with van der Waals surface area (Å²) in [6, 6.07) is 7.70. The number of nitrogens with two attached hydrogens (primary N) is 1. The molecule has 1 aromatic carbocycles. The van der Waals surface area contributed by atoms with Crippen LogP contribution in [0.25, 0.3) is 0 Å². The van der Waals surface area contributed by atoms with E-state index in [0.717, 1.165) is 24.2 Å². The summed E-state index contributed by atoms with van der Waals surface area (Å²) in [5.74, 6) is 0.587. The van der Waals surface area contributed by atoms with Gasteiger partial charge in [0, 0.05) is 0 Å². The lowest BCUT2D eigenvalue weighted by atomic mass is 9.96. The van der Waals surface area contributed by atoms with Gasteiger partial charge in [-0.05, 0) is 44.2 Å². The van der Waals surface area contributed by atoms with Gasteiger partial charge < -0.3 is 15.2 Å². The Bertz CT molecular complexity index is 456. The highest BCUT2D eigenvalue weighted by atomic mass is 16.5. The number of carbonyl (C=O) groups excluding carboxylic acids is 1. The number of carbonyl (C=O) groups is 1. The van der Waals surface area contributed by atoms with E-state index >= 15 is 0 Å². The van der Waals surface area contributed by atoms with Crippen LogP contribution < -0.4 is 10.5 Å². The Morgan fingerprint density at radius 2 is 2.11 bits per heavy atom. The van der Waals surface area contributed by atoms with Crippen LogP contribution in [-0.4, -0.2) is 24.7 Å². The van der Waals surface area contributed by atoms with Gasteiger partial charge in [-0.25, -0.2) is 4.79 Å². The van der Waals surface area contributed by atoms with Crippen molar-refractivity contribution in [3.63, 3.8) is 0 Å². The van der Waals surface area contributed by atoms with Crippen molar-refractivity contribution in [3.8, 4) is 5.75 Å². The lowest BCUT2D eigenvalue weighted by Crippen LogP contribution is -2.55. The Morgan fingerprint density at radius 1 is 1.42 bits per heavy atom. The average Bonchev–Trinajstić information content (AvgIpc) is 3.22. The van der Waals surface area contributed by atoms with E-state index < -0.39 is 5.54 Å². The van der Waals surface area contributed by atoms with Crippen molar-refractivity contribution in [2.75, 3.05) is 13.2 Å². The number of esters is 1. The highest BCUT2D eigenvalue weighted by molar-refractivity contribution is 5.81. The first kappa shape index (κ1) is 13.9. The van der Waals surface area contributed by atoms with Crippen LogP contribution in [0.5, 0.6) is 5.75 Å². The lowest BCUT2D eigenvalue weighted by molar-refractivity contribution is -0.152. The van der Waals surface area contributed by atoms with Crippen molar-refractivity contribution >= 4 is 5.97 Å². The summed E-state index contributed by atoms with van der Waals surface area (Å²) in [5.41, 5.74) is 6.25. The van der Waals surface area contributed by atoms with Crippen LogP contribution in [0.4, 0.5) is 0 Å². The fourth-order valence-electron chi connectivity index (χ4n) is 2.12. The molecule has 2 rings (SSSR count). The molecule has 1 unspecified atom stereocenters. The first-order chi connectivity index (χ1) is 9.08. The van der Waals surface area contributed by atoms with E-state index in [-0.39, 0.29) is 18.5 Å². The molecule has 1 aliphatic rings. The first-order valence-corrected chi connectivity index (χ1v) is 6.72. The van der Waals surface area contributed by atoms with Crippen molar-refractivity contribution in [1.82, 2.24) is 0 Å². The Morgan fingerprint density at radius 3 is 2.68 bits per heavy atom. The van der Waals surface area contributed by atoms with Crippen LogP contribution >= 0.6 is 0 Å². The topological polar surface area (TPSA) is 61.5 Å². The van der Waals surface area contributed by atoms with E-state index in [1.54, 1.807) is 6.92 Å². The smallest absolute Gasteiger partial charge is 0.329 e. The van der Waals surface area contributed by atoms with Gasteiger partial charge in [0.1, 0.15) is 12.4 Å². The zero-order valence-corrected chi connectivity index (χ0v) is 11.5. The molecule has 0 radical (unpaired) electrons. The van der Waals surface area contributed by atoms with Gasteiger partial charge in [-0.15, -0.1) is 0 Å². The minimum Gasteiger partial charge on any atom is -0.491 e. The third-order valence-corrected chi connectivity index (χ3v) is 3.52. The molecule has 0 heterocycles. The molecular formula is C15H21NO3. The molecule has 1 fully saturated rings. The largest absolute Gasteiger partial charge is 0.491 e. The third-order valence-electron chi connectivity index (χ3n) is 3.52. The molecule has 1 aromatic rings. The van der Waals surface area contributed by atoms with E-state index in [1.807, 2.05) is 31.2 Å². The monoisotopic (exact) mass is 263 g/mol. The second-order valence-corrected chi connectivity index (χ2v) is 5.09. The van der Waals surface area contributed by atoms with E-state index in [0.29, 0.717) is 6.61 Å². The molecule has 1 saturated carbocycles. The average molecular weight is 263 g/mol. The molecule has 1 atom stereocenters. The van der Waals surface area contributed by atoms with Gasteiger partial charge in [-0.3, -0.25) is 0 Å². The van der Waals surface area contributed by atoms with Gasteiger partial charge in [0.2, 0.25) is 0 Å². The molecule has 1 aliphatic carbocycles. The maximum atomic E-state index is 12.0. The minimum atomic E-state index is -1.02. The third kappa shape index (κ3) is 3.07. The number of hydrogen-bond donors (Lipinski definition) is 1. The summed E-state index contributed by atoms with van der Waals surface area (Å²) in [6.07, 6.45) is 1.93. The molecule has 19 heavy (non-hydrogen) atoms. The quantitative estimate of drug-likeness (QED) is 0.798. The number of ether oxygens (including phenoxy) is 2. The van der Waals surface area contributed by atoms with Gasteiger partial charge in [0.15, 0.2) is 5.54 Å². The van der Waals surface area contributed by atoms with Gasteiger partial charge in [-0.2, -0.15) is 0 Å². The summed E-state index contributed by atoms with van der Waals surface area (Å²) in [6.45, 7) is 4.26. The molecule has 4 heteroatoms. The second kappa shape index (κ2) is 5.61. The van der Waals surface area contributed by atoms with Crippen LogP contribution in [-0.2, 0) is 9.53 Å². The van der Waals surface area contributed by atoms with Crippen molar-refractivity contribution < 1.29 is 14.3 Å². The molecule has 0 saturated heterocycles. The summed E-state index contributed by atoms with van der Waals surface area (Å²) in [5, 5.41) is 0. The van der Waals surface area contributed by atoms with Crippen LogP contribution in [0.1, 0.15) is 25.3 Å². The van der Waals surface area contributed by atoms with Gasteiger partial charge in [0.25, 0.3) is 0 Å². The van der Waals surface area contributed by atoms with Crippen LogP contribution in [0, 0.1) is 12.8 Å². The predicted molar refractivity (Wildman–Crippen MR) is 72.9 cm³/mol. The summed E-state index contributed by atoms with van der Waals surface area (Å²) >= 11 is 0. The Kier molecular flexibility index (Phi) is 4.10. The number of rotatable bonds is 6. The van der Waals surface area contributed by atoms with Crippen molar-refractivity contribution in [1.29, 1.82) is 0 Å². The van der Waals surface area contributed by atoms with Gasteiger partial charge >= 0.3 is 5.97 Å². The number of benzene rings is 1. The SMILES string of the molecule is CCOC(=O)C(N)(COc1ccccc1C)C1CC1. The normalized spacial score (nSPS) is 17.6. The number of aryl methyl sites for hydroxylation is 1. The highest BCUT2D eigenvalue weighted by Crippen LogP contribution is 2.39. The van der Waals surface area contributed by atoms with E-state index in [1.165, 1.54) is 0 Å². The zero-order valence-electron chi connectivity index (χ0n) is 11.5. The van der Waals surface area contributed by atoms with Crippen molar-refractivity contribution in [3.05, 3.63) is 29.8 Å². The molecule has 0 bridgehead atoms. The highest BCUT2D eigenvalue weighted by Gasteiger charge is 2.50. The fourth-order valence-corrected chi connectivity index (χ4v) is 2.12. The molecule has 0 spiro atoms. The van der Waals surface area contributed by atoms with Crippen LogP contribution in [0.2, 0.25) is 0 Å². The Labute approximate surface area is 113 Å². The maximum absolute atomic E-state index is 12.0. The van der Waals surface area contributed by atoms with E-state index in [9.17, 15) is 4.79 Å². The number of para-hydroxylation sites is 1. The Balaban J connectivity index is 2.05. The summed E-state index contributed by atoms with van der Waals surface area (Å²) < 4.78 is 10.8. The van der Waals surface area contributed by atoms with Crippen LogP contribution in [0.15, 0.2) is 24.3 Å². The van der Waals surface area contributed by atoms with Crippen molar-refractivity contribution in [2.24, 2.45) is 11.7 Å². The fraction of sp³-hybridized carbons (Fsp3) is 0.533. The first-order valence-electron chi connectivity index (χ1n) is 6.72. The maximum Gasteiger partial charge on any atom is 0.329 e. The zero-order chi connectivity index (χ0) is 13.9. The molecule has 0 aliphatic heterocycles. The molecule has 0 amide bonds. The number of hydrogen-bond acceptors (Lipinski definition) is 4. The summed E-state index contributed by atoms with van der Waals surface area (Å²) in [7, 11) is 0. The lowest BCUT2D eigenvalue weighted by Gasteiger charge is -2.27. The standard InChI is InChI=1S/C15H21NO3/c1-3-18-14(17)15(16,12-8-9-12)10-19-13-7-5-4-6-11(13)2/h4-7,12H,3,8-10,16H2,1-2H3. The van der Waals surface area contributed by atoms with E-state index in [2.05, 4.69) is 0 Å². The molecule has 2 N–H and O–H groups in total. The predicted octanol–water partition coefficient (Wildman–Crippen LogP) is 2.04. The second-order valence-electron chi connectivity index (χ2n) is 5.09. The Hall–Kier alpha value is -1.55. The molecular weight excluding hydrogens is 242 g/mol. The summed E-state index contributed by atoms with van der Waals surface area (Å²) in [4.78, 5) is 12.0. The van der Waals surface area contributed by atoms with Gasteiger partial charge in [-0.1, -0.05) is 18.2 Å². The molecule has 104 valence electrons. The molecule has 4 nitrogen and oxygen atoms in total. The van der Waals surface area contributed by atoms with Gasteiger partial charge in [0.05, 0.1) is 6.61 Å². The van der Waals surface area contributed by atoms with E-state index in [4.69, 9.17) is 15.2 Å². The van der Waals surface area contributed by atoms with Crippen molar-refractivity contribution in [2.45, 2.75) is 32.2 Å².